The van der Waals surface area contributed by atoms with Crippen LogP contribution in [0.15, 0.2) is 78.0 Å². The first-order valence-corrected chi connectivity index (χ1v) is 12.1. The van der Waals surface area contributed by atoms with Crippen LogP contribution in [0.3, 0.4) is 0 Å². The predicted octanol–water partition coefficient (Wildman–Crippen LogP) is 4.87. The zero-order valence-corrected chi connectivity index (χ0v) is 19.6. The lowest BCUT2D eigenvalue weighted by molar-refractivity contribution is -0.135. The third-order valence-corrected chi connectivity index (χ3v) is 7.27. The molecule has 1 heterocycles. The van der Waals surface area contributed by atoms with E-state index >= 15 is 0 Å². The van der Waals surface area contributed by atoms with Crippen molar-refractivity contribution in [3.63, 3.8) is 0 Å². The number of rotatable bonds is 8. The van der Waals surface area contributed by atoms with Crippen LogP contribution in [-0.4, -0.2) is 35.6 Å². The summed E-state index contributed by atoms with van der Waals surface area (Å²) in [5.41, 5.74) is 2.72. The second-order valence-corrected chi connectivity index (χ2v) is 10.1. The van der Waals surface area contributed by atoms with Crippen molar-refractivity contribution in [2.24, 2.45) is 0 Å². The van der Waals surface area contributed by atoms with Gasteiger partial charge < -0.3 is 9.67 Å². The molecule has 0 bridgehead atoms. The number of anilines is 1. The number of nitrogens with zero attached hydrogens (tertiary/aromatic N) is 3. The molecule has 0 aliphatic heterocycles. The molecule has 0 aliphatic carbocycles. The van der Waals surface area contributed by atoms with Gasteiger partial charge in [0.15, 0.2) is 0 Å². The molecule has 170 valence electrons. The highest BCUT2D eigenvalue weighted by molar-refractivity contribution is 7.92. The predicted molar refractivity (Wildman–Crippen MR) is 129 cm³/mol. The minimum absolute atomic E-state index is 0.130. The van der Waals surface area contributed by atoms with Gasteiger partial charge in [-0.25, -0.2) is 13.4 Å². The van der Waals surface area contributed by atoms with Crippen molar-refractivity contribution in [3.05, 3.63) is 88.7 Å². The highest BCUT2D eigenvalue weighted by atomic mass is 35.5. The number of aromatic nitrogens is 2. The molecular formula is C23H19Cl2N3O4S. The molecule has 7 nitrogen and oxygen atoms in total. The highest BCUT2D eigenvalue weighted by Crippen LogP contribution is 2.30. The van der Waals surface area contributed by atoms with Crippen molar-refractivity contribution < 1.29 is 18.3 Å². The van der Waals surface area contributed by atoms with Gasteiger partial charge in [-0.3, -0.25) is 9.10 Å². The first-order valence-electron chi connectivity index (χ1n) is 9.93. The van der Waals surface area contributed by atoms with E-state index < -0.39 is 22.5 Å². The molecule has 1 N–H and O–H groups in total. The van der Waals surface area contributed by atoms with Crippen molar-refractivity contribution in [1.82, 2.24) is 9.55 Å². The van der Waals surface area contributed by atoms with Crippen LogP contribution >= 0.6 is 23.2 Å². The standard InChI is InChI=1S/C23H19Cl2N3O4S/c24-17-10-18(25)12-20(11-17)33(31,32)28(14-23(29)30)19-6-7-21-22(13-19)27(15-26-21)9-8-16-4-2-1-3-5-16/h1-7,10-13,15H,8-9,14H2,(H,29,30). The lowest BCUT2D eigenvalue weighted by Crippen LogP contribution is -2.35. The van der Waals surface area contributed by atoms with Crippen molar-refractivity contribution in [2.75, 3.05) is 10.8 Å². The van der Waals surface area contributed by atoms with E-state index in [1.165, 1.54) is 24.3 Å². The zero-order valence-electron chi connectivity index (χ0n) is 17.2. The molecule has 0 unspecified atom stereocenters. The van der Waals surface area contributed by atoms with Gasteiger partial charge in [-0.15, -0.1) is 0 Å². The van der Waals surface area contributed by atoms with E-state index in [1.807, 2.05) is 34.9 Å². The Hall–Kier alpha value is -3.07. The van der Waals surface area contributed by atoms with E-state index in [1.54, 1.807) is 18.5 Å². The molecule has 33 heavy (non-hydrogen) atoms. The van der Waals surface area contributed by atoms with Gasteiger partial charge in [0.25, 0.3) is 10.0 Å². The van der Waals surface area contributed by atoms with Crippen LogP contribution in [0.4, 0.5) is 5.69 Å². The number of halogens is 2. The molecule has 10 heteroatoms. The number of carboxylic acid groups (broad SMARTS) is 1. The Kier molecular flexibility index (Phi) is 6.60. The summed E-state index contributed by atoms with van der Waals surface area (Å²) in [6.07, 6.45) is 2.44. The number of imidazole rings is 1. The fraction of sp³-hybridized carbons (Fsp3) is 0.130. The summed E-state index contributed by atoms with van der Waals surface area (Å²) in [5, 5.41) is 9.69. The zero-order chi connectivity index (χ0) is 23.6. The summed E-state index contributed by atoms with van der Waals surface area (Å²) in [6, 6.07) is 18.6. The molecule has 4 aromatic rings. The molecule has 4 rings (SSSR count). The van der Waals surface area contributed by atoms with Gasteiger partial charge >= 0.3 is 5.97 Å². The first-order chi connectivity index (χ1) is 15.7. The third kappa shape index (κ3) is 5.13. The van der Waals surface area contributed by atoms with Crippen molar-refractivity contribution in [1.29, 1.82) is 0 Å². The molecule has 3 aromatic carbocycles. The topological polar surface area (TPSA) is 92.5 Å². The van der Waals surface area contributed by atoms with Crippen LogP contribution in [0.5, 0.6) is 0 Å². The average molecular weight is 504 g/mol. The number of sulfonamides is 1. The lowest BCUT2D eigenvalue weighted by Gasteiger charge is -2.23. The van der Waals surface area contributed by atoms with Crippen molar-refractivity contribution in [3.8, 4) is 0 Å². The Morgan fingerprint density at radius 1 is 1.00 bits per heavy atom. The number of aryl methyl sites for hydroxylation is 2. The Bertz CT molecular complexity index is 1400. The number of aliphatic carboxylic acids is 1. The molecule has 0 fully saturated rings. The summed E-state index contributed by atoms with van der Waals surface area (Å²) < 4.78 is 29.5. The summed E-state index contributed by atoms with van der Waals surface area (Å²) in [4.78, 5) is 15.7. The molecule has 0 radical (unpaired) electrons. The quantitative estimate of drug-likeness (QED) is 0.370. The Morgan fingerprint density at radius 3 is 2.36 bits per heavy atom. The summed E-state index contributed by atoms with van der Waals surface area (Å²) in [5.74, 6) is -1.30. The van der Waals surface area contributed by atoms with Gasteiger partial charge in [0.2, 0.25) is 0 Å². The van der Waals surface area contributed by atoms with Crippen LogP contribution in [0.25, 0.3) is 11.0 Å². The molecule has 0 amide bonds. The second kappa shape index (κ2) is 9.43. The van der Waals surface area contributed by atoms with Crippen LogP contribution in [-0.2, 0) is 27.8 Å². The van der Waals surface area contributed by atoms with Gasteiger partial charge in [-0.05, 0) is 48.4 Å². The van der Waals surface area contributed by atoms with E-state index in [0.29, 0.717) is 17.6 Å². The second-order valence-electron chi connectivity index (χ2n) is 7.36. The van der Waals surface area contributed by atoms with E-state index in [0.717, 1.165) is 16.3 Å². The summed E-state index contributed by atoms with van der Waals surface area (Å²) in [7, 11) is -4.26. The average Bonchev–Trinajstić information content (AvgIpc) is 3.18. The Morgan fingerprint density at radius 2 is 1.70 bits per heavy atom. The van der Waals surface area contributed by atoms with Crippen LogP contribution in [0.1, 0.15) is 5.56 Å². The molecule has 0 saturated carbocycles. The SMILES string of the molecule is O=C(O)CN(c1ccc2ncn(CCc3ccccc3)c2c1)S(=O)(=O)c1cc(Cl)cc(Cl)c1. The lowest BCUT2D eigenvalue weighted by atomic mass is 10.1. The number of fused-ring (bicyclic) bond motifs is 1. The van der Waals surface area contributed by atoms with Gasteiger partial charge in [0.05, 0.1) is 27.9 Å². The minimum atomic E-state index is -4.26. The maximum atomic E-state index is 13.4. The van der Waals surface area contributed by atoms with Crippen LogP contribution < -0.4 is 4.31 Å². The first kappa shape index (κ1) is 23.1. The maximum absolute atomic E-state index is 13.4. The van der Waals surface area contributed by atoms with Gasteiger partial charge in [0.1, 0.15) is 6.54 Å². The van der Waals surface area contributed by atoms with E-state index in [-0.39, 0.29) is 20.6 Å². The smallest absolute Gasteiger partial charge is 0.324 e. The van der Waals surface area contributed by atoms with Crippen molar-refractivity contribution in [2.45, 2.75) is 17.9 Å². The van der Waals surface area contributed by atoms with Crippen LogP contribution in [0.2, 0.25) is 10.0 Å². The molecule has 0 atom stereocenters. The van der Waals surface area contributed by atoms with Gasteiger partial charge in [-0.2, -0.15) is 0 Å². The van der Waals surface area contributed by atoms with Crippen molar-refractivity contribution >= 4 is 55.9 Å². The minimum Gasteiger partial charge on any atom is -0.480 e. The Balaban J connectivity index is 1.73. The number of hydrogen-bond donors (Lipinski definition) is 1. The highest BCUT2D eigenvalue weighted by Gasteiger charge is 2.28. The largest absolute Gasteiger partial charge is 0.480 e. The van der Waals surface area contributed by atoms with E-state index in [4.69, 9.17) is 23.2 Å². The van der Waals surface area contributed by atoms with E-state index in [9.17, 15) is 18.3 Å². The fourth-order valence-corrected chi connectivity index (χ4v) is 5.65. The number of carbonyl (C=O) groups is 1. The van der Waals surface area contributed by atoms with Gasteiger partial charge in [-0.1, -0.05) is 53.5 Å². The summed E-state index contributed by atoms with van der Waals surface area (Å²) in [6.45, 7) is -0.143. The maximum Gasteiger partial charge on any atom is 0.324 e. The number of carboxylic acids is 1. The van der Waals surface area contributed by atoms with E-state index in [2.05, 4.69) is 4.98 Å². The number of hydrogen-bond acceptors (Lipinski definition) is 4. The molecule has 1 aromatic heterocycles. The third-order valence-electron chi connectivity index (χ3n) is 5.08. The van der Waals surface area contributed by atoms with Crippen LogP contribution in [0, 0.1) is 0 Å². The number of benzene rings is 3. The van der Waals surface area contributed by atoms with Gasteiger partial charge in [0, 0.05) is 16.6 Å². The summed E-state index contributed by atoms with van der Waals surface area (Å²) >= 11 is 12.0. The fourth-order valence-electron chi connectivity index (χ4n) is 3.52. The normalized spacial score (nSPS) is 11.6. The molecule has 0 saturated heterocycles. The molecular weight excluding hydrogens is 485 g/mol. The molecule has 0 spiro atoms. The monoisotopic (exact) mass is 503 g/mol. The molecule has 0 aliphatic rings. The Labute approximate surface area is 200 Å².